The lowest BCUT2D eigenvalue weighted by Crippen LogP contribution is -2.52. The molecule has 4 rings (SSSR count). The Bertz CT molecular complexity index is 750. The average Bonchev–Trinajstić information content (AvgIpc) is 3.09. The molecule has 25 heavy (non-hydrogen) atoms. The number of fused-ring (bicyclic) bond motifs is 1. The number of aryl methyl sites for hydroxylation is 1. The maximum absolute atomic E-state index is 12.9. The Morgan fingerprint density at radius 1 is 1.08 bits per heavy atom. The molecular weight excluding hydrogens is 340 g/mol. The lowest BCUT2D eigenvalue weighted by atomic mass is 10.1. The molecule has 0 bridgehead atoms. The van der Waals surface area contributed by atoms with Gasteiger partial charge >= 0.3 is 0 Å². The Morgan fingerprint density at radius 2 is 1.84 bits per heavy atom. The first kappa shape index (κ1) is 17.0. The van der Waals surface area contributed by atoms with Gasteiger partial charge in [0.1, 0.15) is 0 Å². The summed E-state index contributed by atoms with van der Waals surface area (Å²) in [5.74, 6) is 0.599. The number of aromatic nitrogens is 2. The third-order valence-electron chi connectivity index (χ3n) is 5.84. The molecule has 0 saturated carbocycles. The zero-order valence-corrected chi connectivity index (χ0v) is 15.4. The highest BCUT2D eigenvalue weighted by molar-refractivity contribution is 7.91. The van der Waals surface area contributed by atoms with Crippen molar-refractivity contribution in [3.63, 3.8) is 0 Å². The lowest BCUT2D eigenvalue weighted by Gasteiger charge is -2.37. The summed E-state index contributed by atoms with van der Waals surface area (Å²) in [5, 5.41) is 7.40. The molecule has 2 aliphatic heterocycles. The number of hydrogen-bond acceptors (Lipinski definition) is 5. The van der Waals surface area contributed by atoms with Gasteiger partial charge in [0, 0.05) is 43.5 Å². The summed E-state index contributed by atoms with van der Waals surface area (Å²) in [4.78, 5) is 17.0. The van der Waals surface area contributed by atoms with Gasteiger partial charge in [-0.25, -0.2) is 8.42 Å². The Kier molecular flexibility index (Phi) is 4.58. The number of carbonyl (C=O) groups is 1. The molecule has 0 aromatic carbocycles. The Labute approximate surface area is 148 Å². The molecule has 1 aromatic rings. The highest BCUT2D eigenvalue weighted by atomic mass is 32.2. The van der Waals surface area contributed by atoms with Gasteiger partial charge in [-0.1, -0.05) is 6.42 Å². The van der Waals surface area contributed by atoms with Gasteiger partial charge in [-0.3, -0.25) is 14.8 Å². The second kappa shape index (κ2) is 6.72. The predicted molar refractivity (Wildman–Crippen MR) is 94.4 cm³/mol. The van der Waals surface area contributed by atoms with Crippen molar-refractivity contribution in [2.75, 3.05) is 37.7 Å². The van der Waals surface area contributed by atoms with Crippen molar-refractivity contribution in [2.24, 2.45) is 0 Å². The first-order valence-electron chi connectivity index (χ1n) is 9.33. The average molecular weight is 366 g/mol. The molecule has 3 heterocycles. The van der Waals surface area contributed by atoms with E-state index in [4.69, 9.17) is 0 Å². The van der Waals surface area contributed by atoms with Crippen LogP contribution in [-0.4, -0.2) is 78.0 Å². The number of nitrogens with zero attached hydrogens (tertiary/aromatic N) is 3. The summed E-state index contributed by atoms with van der Waals surface area (Å²) >= 11 is 0. The van der Waals surface area contributed by atoms with Crippen LogP contribution in [0.5, 0.6) is 0 Å². The number of nitrogens with one attached hydrogen (secondary N) is 1. The molecule has 8 heteroatoms. The van der Waals surface area contributed by atoms with Crippen LogP contribution >= 0.6 is 0 Å². The van der Waals surface area contributed by atoms with Crippen LogP contribution in [0.4, 0.5) is 0 Å². The highest BCUT2D eigenvalue weighted by Crippen LogP contribution is 2.24. The fourth-order valence-electron chi connectivity index (χ4n) is 4.34. The standard InChI is InChI=1S/C17H26N4O3S/c22-17(16-14-4-2-1-3-5-15(14)18-19-16)21-9-7-20(8-10-21)13-6-11-25(23,24)12-13/h13H,1-12H2,(H,18,19). The quantitative estimate of drug-likeness (QED) is 0.776. The maximum Gasteiger partial charge on any atom is 0.274 e. The summed E-state index contributed by atoms with van der Waals surface area (Å²) in [6, 6.07) is 0.129. The van der Waals surface area contributed by atoms with E-state index >= 15 is 0 Å². The summed E-state index contributed by atoms with van der Waals surface area (Å²) in [6.45, 7) is 2.80. The van der Waals surface area contributed by atoms with Crippen LogP contribution in [0.15, 0.2) is 0 Å². The van der Waals surface area contributed by atoms with E-state index in [0.29, 0.717) is 24.5 Å². The van der Waals surface area contributed by atoms with E-state index in [1.165, 1.54) is 6.42 Å². The molecular formula is C17H26N4O3S. The van der Waals surface area contributed by atoms with Gasteiger partial charge < -0.3 is 4.90 Å². The van der Waals surface area contributed by atoms with E-state index in [0.717, 1.165) is 56.5 Å². The first-order chi connectivity index (χ1) is 12.0. The molecule has 2 saturated heterocycles. The van der Waals surface area contributed by atoms with Crippen LogP contribution in [0.2, 0.25) is 0 Å². The van der Waals surface area contributed by atoms with Gasteiger partial charge in [0.05, 0.1) is 11.5 Å². The second-order valence-electron chi connectivity index (χ2n) is 7.48. The largest absolute Gasteiger partial charge is 0.335 e. The molecule has 1 N–H and O–H groups in total. The molecule has 2 fully saturated rings. The van der Waals surface area contributed by atoms with Crippen LogP contribution in [0.3, 0.4) is 0 Å². The Morgan fingerprint density at radius 3 is 2.56 bits per heavy atom. The zero-order valence-electron chi connectivity index (χ0n) is 14.5. The minimum atomic E-state index is -2.86. The third kappa shape index (κ3) is 3.46. The van der Waals surface area contributed by atoms with Gasteiger partial charge in [0.25, 0.3) is 5.91 Å². The summed E-state index contributed by atoms with van der Waals surface area (Å²) in [5.41, 5.74) is 2.86. The molecule has 3 aliphatic rings. The van der Waals surface area contributed by atoms with Crippen LogP contribution in [-0.2, 0) is 22.7 Å². The summed E-state index contributed by atoms with van der Waals surface area (Å²) in [7, 11) is -2.86. The van der Waals surface area contributed by atoms with E-state index < -0.39 is 9.84 Å². The van der Waals surface area contributed by atoms with Crippen molar-refractivity contribution >= 4 is 15.7 Å². The highest BCUT2D eigenvalue weighted by Gasteiger charge is 2.35. The summed E-state index contributed by atoms with van der Waals surface area (Å²) in [6.07, 6.45) is 6.14. The van der Waals surface area contributed by atoms with Gasteiger partial charge in [-0.2, -0.15) is 5.10 Å². The van der Waals surface area contributed by atoms with Crippen molar-refractivity contribution in [1.82, 2.24) is 20.0 Å². The number of carbonyl (C=O) groups excluding carboxylic acids is 1. The number of aromatic amines is 1. The monoisotopic (exact) mass is 366 g/mol. The van der Waals surface area contributed by atoms with Crippen molar-refractivity contribution in [2.45, 2.75) is 44.6 Å². The number of hydrogen-bond donors (Lipinski definition) is 1. The van der Waals surface area contributed by atoms with Gasteiger partial charge in [-0.05, 0) is 32.1 Å². The topological polar surface area (TPSA) is 86.4 Å². The molecule has 1 aromatic heterocycles. The Hall–Kier alpha value is -1.41. The summed E-state index contributed by atoms with van der Waals surface area (Å²) < 4.78 is 23.3. The molecule has 1 aliphatic carbocycles. The van der Waals surface area contributed by atoms with E-state index in [2.05, 4.69) is 15.1 Å². The van der Waals surface area contributed by atoms with Crippen LogP contribution < -0.4 is 0 Å². The zero-order chi connectivity index (χ0) is 17.4. The van der Waals surface area contributed by atoms with E-state index in [1.807, 2.05) is 4.90 Å². The molecule has 138 valence electrons. The van der Waals surface area contributed by atoms with Crippen LogP contribution in [0, 0.1) is 0 Å². The smallest absolute Gasteiger partial charge is 0.274 e. The number of piperazine rings is 1. The first-order valence-corrected chi connectivity index (χ1v) is 11.2. The van der Waals surface area contributed by atoms with Crippen molar-refractivity contribution in [3.05, 3.63) is 17.0 Å². The van der Waals surface area contributed by atoms with E-state index in [9.17, 15) is 13.2 Å². The predicted octanol–water partition coefficient (Wildman–Crippen LogP) is 0.624. The van der Waals surface area contributed by atoms with Crippen LogP contribution in [0.1, 0.15) is 47.4 Å². The third-order valence-corrected chi connectivity index (χ3v) is 7.59. The second-order valence-corrected chi connectivity index (χ2v) is 9.70. The molecule has 1 unspecified atom stereocenters. The van der Waals surface area contributed by atoms with Gasteiger partial charge in [0.15, 0.2) is 15.5 Å². The molecule has 1 amide bonds. The molecule has 0 radical (unpaired) electrons. The molecule has 1 atom stereocenters. The van der Waals surface area contributed by atoms with E-state index in [1.54, 1.807) is 0 Å². The minimum absolute atomic E-state index is 0.0260. The number of sulfone groups is 1. The number of amides is 1. The molecule has 7 nitrogen and oxygen atoms in total. The fourth-order valence-corrected chi connectivity index (χ4v) is 6.10. The van der Waals surface area contributed by atoms with Crippen molar-refractivity contribution < 1.29 is 13.2 Å². The SMILES string of the molecule is O=C(c1n[nH]c2c1CCCCC2)N1CCN(C2CCS(=O)(=O)C2)CC1. The van der Waals surface area contributed by atoms with Crippen LogP contribution in [0.25, 0.3) is 0 Å². The van der Waals surface area contributed by atoms with Crippen molar-refractivity contribution in [1.29, 1.82) is 0 Å². The van der Waals surface area contributed by atoms with Gasteiger partial charge in [-0.15, -0.1) is 0 Å². The Balaban J connectivity index is 1.40. The van der Waals surface area contributed by atoms with Gasteiger partial charge in [0.2, 0.25) is 0 Å². The normalized spacial score (nSPS) is 27.0. The van der Waals surface area contributed by atoms with Crippen molar-refractivity contribution in [3.8, 4) is 0 Å². The fraction of sp³-hybridized carbons (Fsp3) is 0.765. The molecule has 0 spiro atoms. The number of rotatable bonds is 2. The minimum Gasteiger partial charge on any atom is -0.335 e. The van der Waals surface area contributed by atoms with E-state index in [-0.39, 0.29) is 17.7 Å². The lowest BCUT2D eigenvalue weighted by molar-refractivity contribution is 0.0581. The maximum atomic E-state index is 12.9. The number of H-pyrrole nitrogens is 1.